The van der Waals surface area contributed by atoms with Gasteiger partial charge < -0.3 is 9.64 Å². The fourth-order valence-electron chi connectivity index (χ4n) is 3.90. The first-order valence-electron chi connectivity index (χ1n) is 8.24. The van der Waals surface area contributed by atoms with Crippen molar-refractivity contribution in [1.29, 1.82) is 0 Å². The molecule has 4 heteroatoms. The predicted molar refractivity (Wildman–Crippen MR) is 75.0 cm³/mol. The van der Waals surface area contributed by atoms with Gasteiger partial charge in [0.25, 0.3) is 0 Å². The van der Waals surface area contributed by atoms with Crippen molar-refractivity contribution < 1.29 is 14.3 Å². The fourth-order valence-corrected chi connectivity index (χ4v) is 3.90. The van der Waals surface area contributed by atoms with Crippen LogP contribution >= 0.6 is 0 Å². The molecule has 2 saturated carbocycles. The van der Waals surface area contributed by atoms with Gasteiger partial charge in [-0.05, 0) is 38.5 Å². The summed E-state index contributed by atoms with van der Waals surface area (Å²) in [5.41, 5.74) is 0. The Kier molecular flexibility index (Phi) is 4.27. The highest BCUT2D eigenvalue weighted by atomic mass is 16.5. The van der Waals surface area contributed by atoms with E-state index >= 15 is 0 Å². The summed E-state index contributed by atoms with van der Waals surface area (Å²) in [5, 5.41) is 0. The molecule has 0 aromatic heterocycles. The van der Waals surface area contributed by atoms with E-state index in [1.54, 1.807) is 0 Å². The Balaban J connectivity index is 1.52. The smallest absolute Gasteiger partial charge is 0.311 e. The van der Waals surface area contributed by atoms with Gasteiger partial charge in [-0.3, -0.25) is 9.59 Å². The number of nitrogens with zero attached hydrogens (tertiary/aromatic N) is 1. The van der Waals surface area contributed by atoms with Crippen LogP contribution in [0.2, 0.25) is 0 Å². The van der Waals surface area contributed by atoms with Gasteiger partial charge in [0, 0.05) is 19.0 Å². The zero-order valence-corrected chi connectivity index (χ0v) is 12.2. The average molecular weight is 279 g/mol. The number of rotatable bonds is 3. The molecule has 0 N–H and O–H groups in total. The largest absolute Gasteiger partial charge is 0.462 e. The van der Waals surface area contributed by atoms with E-state index < -0.39 is 0 Å². The van der Waals surface area contributed by atoms with E-state index in [2.05, 4.69) is 0 Å². The maximum Gasteiger partial charge on any atom is 0.311 e. The van der Waals surface area contributed by atoms with Crippen molar-refractivity contribution in [3.8, 4) is 0 Å². The van der Waals surface area contributed by atoms with E-state index in [1.165, 1.54) is 19.3 Å². The minimum atomic E-state index is -0.218. The second-order valence-electron chi connectivity index (χ2n) is 6.58. The SMILES string of the molecule is O=C(OC1CCCCC1)[C@@H]1CC(=O)N(C2CCCC2)C1. The number of ether oxygens (including phenoxy) is 1. The summed E-state index contributed by atoms with van der Waals surface area (Å²) in [4.78, 5) is 26.2. The summed E-state index contributed by atoms with van der Waals surface area (Å²) in [5.74, 6) is -0.196. The first-order chi connectivity index (χ1) is 9.74. The number of likely N-dealkylation sites (tertiary alicyclic amines) is 1. The van der Waals surface area contributed by atoms with E-state index in [4.69, 9.17) is 4.74 Å². The zero-order valence-electron chi connectivity index (χ0n) is 12.2. The van der Waals surface area contributed by atoms with Gasteiger partial charge in [-0.15, -0.1) is 0 Å². The van der Waals surface area contributed by atoms with Crippen molar-refractivity contribution in [2.24, 2.45) is 5.92 Å². The second kappa shape index (κ2) is 6.15. The highest BCUT2D eigenvalue weighted by Crippen LogP contribution is 2.30. The van der Waals surface area contributed by atoms with Crippen LogP contribution in [0, 0.1) is 5.92 Å². The molecule has 1 amide bonds. The molecule has 3 fully saturated rings. The van der Waals surface area contributed by atoms with Crippen LogP contribution in [0.25, 0.3) is 0 Å². The third-order valence-corrected chi connectivity index (χ3v) is 5.09. The molecule has 0 aromatic carbocycles. The van der Waals surface area contributed by atoms with Gasteiger partial charge >= 0.3 is 5.97 Å². The van der Waals surface area contributed by atoms with Gasteiger partial charge in [0.2, 0.25) is 5.91 Å². The summed E-state index contributed by atoms with van der Waals surface area (Å²) in [6.45, 7) is 0.592. The highest BCUT2D eigenvalue weighted by Gasteiger charge is 2.40. The molecular formula is C16H25NO3. The fraction of sp³-hybridized carbons (Fsp3) is 0.875. The molecule has 0 unspecified atom stereocenters. The molecule has 0 spiro atoms. The van der Waals surface area contributed by atoms with Crippen LogP contribution in [0.5, 0.6) is 0 Å². The normalized spacial score (nSPS) is 29.1. The van der Waals surface area contributed by atoms with Crippen molar-refractivity contribution in [2.75, 3.05) is 6.54 Å². The Morgan fingerprint density at radius 2 is 1.65 bits per heavy atom. The minimum absolute atomic E-state index is 0.104. The quantitative estimate of drug-likeness (QED) is 0.746. The van der Waals surface area contributed by atoms with Gasteiger partial charge in [-0.1, -0.05) is 19.3 Å². The summed E-state index contributed by atoms with van der Waals surface area (Å²) in [6.07, 6.45) is 10.7. The number of amides is 1. The number of carbonyl (C=O) groups is 2. The van der Waals surface area contributed by atoms with Crippen LogP contribution in [0.3, 0.4) is 0 Å². The van der Waals surface area contributed by atoms with Crippen LogP contribution in [0.4, 0.5) is 0 Å². The van der Waals surface area contributed by atoms with Crippen LogP contribution < -0.4 is 0 Å². The van der Waals surface area contributed by atoms with Crippen LogP contribution in [-0.4, -0.2) is 35.5 Å². The van der Waals surface area contributed by atoms with E-state index in [1.807, 2.05) is 4.90 Å². The molecule has 3 aliphatic rings. The molecule has 0 bridgehead atoms. The Bertz CT molecular complexity index is 370. The standard InChI is InChI=1S/C16H25NO3/c18-15-10-12(11-17(15)13-6-4-5-7-13)16(19)20-14-8-2-1-3-9-14/h12-14H,1-11H2/t12-/m1/s1. The van der Waals surface area contributed by atoms with Crippen LogP contribution in [0.15, 0.2) is 0 Å². The van der Waals surface area contributed by atoms with Crippen LogP contribution in [-0.2, 0) is 14.3 Å². The third kappa shape index (κ3) is 2.99. The molecule has 112 valence electrons. The van der Waals surface area contributed by atoms with Crippen molar-refractivity contribution in [1.82, 2.24) is 4.90 Å². The zero-order chi connectivity index (χ0) is 13.9. The summed E-state index contributed by atoms with van der Waals surface area (Å²) in [6, 6.07) is 0.384. The first-order valence-corrected chi connectivity index (χ1v) is 8.24. The Hall–Kier alpha value is -1.06. The first kappa shape index (κ1) is 13.9. The average Bonchev–Trinajstić information content (AvgIpc) is 3.08. The predicted octanol–water partition coefficient (Wildman–Crippen LogP) is 2.65. The molecule has 3 rings (SSSR count). The highest BCUT2D eigenvalue weighted by molar-refractivity contribution is 5.87. The Morgan fingerprint density at radius 1 is 1.00 bits per heavy atom. The maximum atomic E-state index is 12.2. The van der Waals surface area contributed by atoms with E-state index in [0.29, 0.717) is 19.0 Å². The molecule has 2 aliphatic carbocycles. The molecule has 20 heavy (non-hydrogen) atoms. The summed E-state index contributed by atoms with van der Waals surface area (Å²) in [7, 11) is 0. The molecule has 1 heterocycles. The maximum absolute atomic E-state index is 12.2. The van der Waals surface area contributed by atoms with Gasteiger partial charge in [0.05, 0.1) is 5.92 Å². The lowest BCUT2D eigenvalue weighted by molar-refractivity contribution is -0.155. The summed E-state index contributed by atoms with van der Waals surface area (Å²) < 4.78 is 5.62. The lowest BCUT2D eigenvalue weighted by Crippen LogP contribution is -2.35. The monoisotopic (exact) mass is 279 g/mol. The number of hydrogen-bond acceptors (Lipinski definition) is 3. The van der Waals surface area contributed by atoms with Gasteiger partial charge in [0.15, 0.2) is 0 Å². The number of esters is 1. The Morgan fingerprint density at radius 3 is 2.35 bits per heavy atom. The molecule has 4 nitrogen and oxygen atoms in total. The topological polar surface area (TPSA) is 46.6 Å². The lowest BCUT2D eigenvalue weighted by atomic mass is 9.97. The molecular weight excluding hydrogens is 254 g/mol. The molecule has 1 saturated heterocycles. The molecule has 0 radical (unpaired) electrons. The van der Waals surface area contributed by atoms with Crippen molar-refractivity contribution in [3.05, 3.63) is 0 Å². The van der Waals surface area contributed by atoms with E-state index in [-0.39, 0.29) is 23.9 Å². The van der Waals surface area contributed by atoms with Crippen molar-refractivity contribution in [3.63, 3.8) is 0 Å². The number of hydrogen-bond donors (Lipinski definition) is 0. The van der Waals surface area contributed by atoms with Gasteiger partial charge in [-0.2, -0.15) is 0 Å². The van der Waals surface area contributed by atoms with E-state index in [0.717, 1.165) is 38.5 Å². The van der Waals surface area contributed by atoms with Crippen molar-refractivity contribution >= 4 is 11.9 Å². The van der Waals surface area contributed by atoms with E-state index in [9.17, 15) is 9.59 Å². The molecule has 0 aromatic rings. The molecule has 1 aliphatic heterocycles. The van der Waals surface area contributed by atoms with Gasteiger partial charge in [-0.25, -0.2) is 0 Å². The van der Waals surface area contributed by atoms with Crippen molar-refractivity contribution in [2.45, 2.75) is 76.4 Å². The van der Waals surface area contributed by atoms with Crippen LogP contribution in [0.1, 0.15) is 64.2 Å². The third-order valence-electron chi connectivity index (χ3n) is 5.09. The number of carbonyl (C=O) groups excluding carboxylic acids is 2. The van der Waals surface area contributed by atoms with Gasteiger partial charge in [0.1, 0.15) is 6.10 Å². The summed E-state index contributed by atoms with van der Waals surface area (Å²) >= 11 is 0. The molecule has 1 atom stereocenters. The minimum Gasteiger partial charge on any atom is -0.462 e. The Labute approximate surface area is 120 Å². The lowest BCUT2D eigenvalue weighted by Gasteiger charge is -2.25. The second-order valence-corrected chi connectivity index (χ2v) is 6.58.